The van der Waals surface area contributed by atoms with E-state index in [1.165, 1.54) is 12.1 Å². The van der Waals surface area contributed by atoms with E-state index < -0.39 is 17.5 Å². The minimum absolute atomic E-state index is 0.0551. The maximum atomic E-state index is 14.0. The third-order valence-electron chi connectivity index (χ3n) is 4.69. The van der Waals surface area contributed by atoms with Crippen molar-refractivity contribution in [2.75, 3.05) is 13.1 Å². The molecule has 0 spiro atoms. The van der Waals surface area contributed by atoms with Gasteiger partial charge < -0.3 is 9.74 Å². The lowest BCUT2D eigenvalue weighted by Gasteiger charge is -2.36. The molecule has 2 aromatic rings. The van der Waals surface area contributed by atoms with Crippen molar-refractivity contribution in [1.29, 1.82) is 0 Å². The maximum absolute atomic E-state index is 14.0. The summed E-state index contributed by atoms with van der Waals surface area (Å²) < 4.78 is 27.4. The van der Waals surface area contributed by atoms with Gasteiger partial charge in [-0.1, -0.05) is 17.7 Å². The van der Waals surface area contributed by atoms with Crippen molar-refractivity contribution < 1.29 is 18.4 Å². The highest BCUT2D eigenvalue weighted by molar-refractivity contribution is 5.94. The number of hydrogen-bond acceptors (Lipinski definition) is 5. The Morgan fingerprint density at radius 1 is 1.22 bits per heavy atom. The molecule has 2 aliphatic heterocycles. The number of aromatic nitrogens is 1. The molecule has 1 aromatic heterocycles. The number of piperidine rings is 1. The van der Waals surface area contributed by atoms with Crippen molar-refractivity contribution in [3.05, 3.63) is 71.7 Å². The van der Waals surface area contributed by atoms with Gasteiger partial charge in [-0.3, -0.25) is 14.8 Å². The topological polar surface area (TPSA) is 57.7 Å². The summed E-state index contributed by atoms with van der Waals surface area (Å²) in [5.74, 6) is -2.06. The number of halogens is 2. The maximum Gasteiger partial charge on any atom is 0.257 e. The van der Waals surface area contributed by atoms with Gasteiger partial charge in [-0.05, 0) is 37.1 Å². The van der Waals surface area contributed by atoms with E-state index in [0.29, 0.717) is 24.5 Å². The first-order valence-corrected chi connectivity index (χ1v) is 8.71. The van der Waals surface area contributed by atoms with Crippen LogP contribution in [-0.2, 0) is 4.84 Å². The summed E-state index contributed by atoms with van der Waals surface area (Å²) in [6.45, 7) is 0.869. The van der Waals surface area contributed by atoms with Gasteiger partial charge in [0.15, 0.2) is 17.4 Å². The fraction of sp³-hybridized carbons (Fsp3) is 0.263. The number of nitrogens with zero attached hydrogens (tertiary/aromatic N) is 3. The van der Waals surface area contributed by atoms with Gasteiger partial charge >= 0.3 is 0 Å². The molecule has 8 heteroatoms. The first-order valence-electron chi connectivity index (χ1n) is 8.71. The fourth-order valence-electron chi connectivity index (χ4n) is 3.29. The first-order chi connectivity index (χ1) is 13.1. The van der Waals surface area contributed by atoms with Crippen LogP contribution >= 0.6 is 0 Å². The summed E-state index contributed by atoms with van der Waals surface area (Å²) >= 11 is 0. The summed E-state index contributed by atoms with van der Waals surface area (Å²) in [6, 6.07) is 9.11. The summed E-state index contributed by atoms with van der Waals surface area (Å²) in [6.07, 6.45) is 5.05. The molecule has 1 atom stereocenters. The molecule has 1 amide bonds. The number of likely N-dealkylation sites (tertiary alicyclic amines) is 1. The average Bonchev–Trinajstić information content (AvgIpc) is 3.21. The van der Waals surface area contributed by atoms with Crippen LogP contribution in [0.3, 0.4) is 0 Å². The highest BCUT2D eigenvalue weighted by atomic mass is 19.2. The van der Waals surface area contributed by atoms with Crippen LogP contribution < -0.4 is 5.59 Å². The standard InChI is InChI=1S/C19H18F2N4O2/c20-15-7-3-6-14(18(15)21)19(26)24-10-4-5-13(11-24)25-12-17(27-23-25)16-8-1-2-9-22-16/h1-3,6-9,12-13,23H,4-5,10-11H2/t13-/m0/s1. The van der Waals surface area contributed by atoms with Gasteiger partial charge in [-0.25, -0.2) is 8.78 Å². The summed E-state index contributed by atoms with van der Waals surface area (Å²) in [4.78, 5) is 23.9. The zero-order valence-electron chi connectivity index (χ0n) is 14.4. The lowest BCUT2D eigenvalue weighted by Crippen LogP contribution is -2.50. The number of pyridine rings is 1. The van der Waals surface area contributed by atoms with Gasteiger partial charge in [-0.15, -0.1) is 0 Å². The van der Waals surface area contributed by atoms with E-state index in [0.717, 1.165) is 18.9 Å². The molecule has 0 saturated carbocycles. The Labute approximate surface area is 155 Å². The fourth-order valence-corrected chi connectivity index (χ4v) is 3.29. The Morgan fingerprint density at radius 3 is 2.93 bits per heavy atom. The van der Waals surface area contributed by atoms with E-state index in [1.54, 1.807) is 22.3 Å². The van der Waals surface area contributed by atoms with Gasteiger partial charge in [0.25, 0.3) is 5.91 Å². The monoisotopic (exact) mass is 372 g/mol. The number of hydrogen-bond donors (Lipinski definition) is 1. The molecule has 4 rings (SSSR count). The quantitative estimate of drug-likeness (QED) is 0.898. The van der Waals surface area contributed by atoms with Crippen molar-refractivity contribution in [2.24, 2.45) is 0 Å². The van der Waals surface area contributed by atoms with Crippen LogP contribution in [0.2, 0.25) is 0 Å². The van der Waals surface area contributed by atoms with Crippen molar-refractivity contribution in [3.8, 4) is 0 Å². The van der Waals surface area contributed by atoms with E-state index in [9.17, 15) is 13.6 Å². The van der Waals surface area contributed by atoms with Gasteiger partial charge in [0, 0.05) is 19.3 Å². The predicted molar refractivity (Wildman–Crippen MR) is 93.6 cm³/mol. The van der Waals surface area contributed by atoms with E-state index in [1.807, 2.05) is 18.2 Å². The molecule has 1 aromatic carbocycles. The summed E-state index contributed by atoms with van der Waals surface area (Å²) in [5, 5.41) is 1.78. The van der Waals surface area contributed by atoms with E-state index in [-0.39, 0.29) is 11.6 Å². The summed E-state index contributed by atoms with van der Waals surface area (Å²) in [5.41, 5.74) is 3.27. The second-order valence-corrected chi connectivity index (χ2v) is 6.46. The molecule has 2 aliphatic rings. The van der Waals surface area contributed by atoms with Gasteiger partial charge in [0.2, 0.25) is 0 Å². The molecule has 3 heterocycles. The average molecular weight is 372 g/mol. The third-order valence-corrected chi connectivity index (χ3v) is 4.69. The van der Waals surface area contributed by atoms with Crippen molar-refractivity contribution >= 4 is 11.7 Å². The largest absolute Gasteiger partial charge is 0.385 e. The van der Waals surface area contributed by atoms with Crippen LogP contribution in [0, 0.1) is 11.6 Å². The van der Waals surface area contributed by atoms with Crippen LogP contribution in [0.4, 0.5) is 8.78 Å². The molecule has 6 nitrogen and oxygen atoms in total. The molecular formula is C19H18F2N4O2. The third kappa shape index (κ3) is 3.48. The number of rotatable bonds is 3. The Balaban J connectivity index is 1.48. The zero-order valence-corrected chi connectivity index (χ0v) is 14.4. The van der Waals surface area contributed by atoms with Gasteiger partial charge in [0.1, 0.15) is 5.69 Å². The van der Waals surface area contributed by atoms with Gasteiger partial charge in [-0.2, -0.15) is 0 Å². The molecular weight excluding hydrogens is 354 g/mol. The van der Waals surface area contributed by atoms with Crippen molar-refractivity contribution in [3.63, 3.8) is 0 Å². The molecule has 27 heavy (non-hydrogen) atoms. The van der Waals surface area contributed by atoms with Crippen LogP contribution in [0.15, 0.2) is 48.8 Å². The number of hydrazine groups is 1. The predicted octanol–water partition coefficient (Wildman–Crippen LogP) is 2.71. The second-order valence-electron chi connectivity index (χ2n) is 6.46. The number of benzene rings is 1. The number of carbonyl (C=O) groups excluding carboxylic acids is 1. The minimum atomic E-state index is -1.11. The smallest absolute Gasteiger partial charge is 0.257 e. The van der Waals surface area contributed by atoms with E-state index in [2.05, 4.69) is 10.6 Å². The van der Waals surface area contributed by atoms with E-state index in [4.69, 9.17) is 4.84 Å². The van der Waals surface area contributed by atoms with Crippen molar-refractivity contribution in [1.82, 2.24) is 20.5 Å². The van der Waals surface area contributed by atoms with Crippen LogP contribution in [-0.4, -0.2) is 39.9 Å². The zero-order chi connectivity index (χ0) is 18.8. The van der Waals surface area contributed by atoms with Crippen LogP contribution in [0.25, 0.3) is 5.76 Å². The van der Waals surface area contributed by atoms with E-state index >= 15 is 0 Å². The van der Waals surface area contributed by atoms with Crippen LogP contribution in [0.5, 0.6) is 0 Å². The number of nitrogens with one attached hydrogen (secondary N) is 1. The Hall–Kier alpha value is -3.00. The Morgan fingerprint density at radius 2 is 2.11 bits per heavy atom. The molecule has 0 unspecified atom stereocenters. The minimum Gasteiger partial charge on any atom is -0.385 e. The molecule has 1 fully saturated rings. The van der Waals surface area contributed by atoms with Gasteiger partial charge in [0.05, 0.1) is 17.8 Å². The second kappa shape index (κ2) is 7.32. The SMILES string of the molecule is O=C(c1cccc(F)c1F)N1CCC[C@H](N2C=C(c3ccccn3)ON2)C1. The highest BCUT2D eigenvalue weighted by Crippen LogP contribution is 2.24. The number of amides is 1. The van der Waals surface area contributed by atoms with Crippen molar-refractivity contribution in [2.45, 2.75) is 18.9 Å². The first kappa shape index (κ1) is 17.4. The molecule has 1 N–H and O–H groups in total. The number of carbonyl (C=O) groups is 1. The lowest BCUT2D eigenvalue weighted by molar-refractivity contribution is -0.00263. The Bertz CT molecular complexity index is 875. The molecule has 0 bridgehead atoms. The summed E-state index contributed by atoms with van der Waals surface area (Å²) in [7, 11) is 0. The lowest BCUT2D eigenvalue weighted by atomic mass is 10.0. The molecule has 0 aliphatic carbocycles. The highest BCUT2D eigenvalue weighted by Gasteiger charge is 2.31. The Kier molecular flexibility index (Phi) is 4.72. The normalized spacial score (nSPS) is 19.6. The molecule has 1 saturated heterocycles. The molecule has 140 valence electrons. The van der Waals surface area contributed by atoms with Crippen LogP contribution in [0.1, 0.15) is 28.9 Å². The molecule has 0 radical (unpaired) electrons.